The van der Waals surface area contributed by atoms with E-state index in [0.717, 1.165) is 56.3 Å². The molecule has 1 saturated heterocycles. The average molecular weight is 667 g/mol. The zero-order valence-electron chi connectivity index (χ0n) is 29.4. The van der Waals surface area contributed by atoms with E-state index >= 15 is 0 Å². The molecule has 2 amide bonds. The molecular weight excluding hydrogens is 616 g/mol. The SMILES string of the molecule is CCC1CN(C(=O)O[C@H]2CC[C@H](C(=O)N(C[C@H]3CC[C@H](c4ccc(OC)c(C#N)c4)CC3)c3cc(-c4cnn(C(C)C)c4)ccn3)CC2)C1. The summed E-state index contributed by atoms with van der Waals surface area (Å²) in [6.45, 7) is 8.53. The van der Waals surface area contributed by atoms with Crippen LogP contribution in [0.4, 0.5) is 10.6 Å². The molecule has 0 atom stereocenters. The molecule has 0 spiro atoms. The van der Waals surface area contributed by atoms with Crippen molar-refractivity contribution in [1.82, 2.24) is 19.7 Å². The summed E-state index contributed by atoms with van der Waals surface area (Å²) in [5.41, 5.74) is 3.73. The summed E-state index contributed by atoms with van der Waals surface area (Å²) in [6, 6.07) is 12.5. The van der Waals surface area contributed by atoms with Crippen LogP contribution < -0.4 is 9.64 Å². The van der Waals surface area contributed by atoms with E-state index in [1.807, 2.05) is 46.2 Å². The first-order chi connectivity index (χ1) is 23.8. The highest BCUT2D eigenvalue weighted by Gasteiger charge is 2.36. The van der Waals surface area contributed by atoms with Gasteiger partial charge in [0.1, 0.15) is 23.7 Å². The van der Waals surface area contributed by atoms with Gasteiger partial charge in [-0.3, -0.25) is 14.4 Å². The van der Waals surface area contributed by atoms with Crippen LogP contribution >= 0.6 is 0 Å². The van der Waals surface area contributed by atoms with Crippen LogP contribution in [0.2, 0.25) is 0 Å². The van der Waals surface area contributed by atoms with Gasteiger partial charge in [0.05, 0.1) is 18.9 Å². The molecule has 3 fully saturated rings. The second kappa shape index (κ2) is 15.4. The van der Waals surface area contributed by atoms with Crippen LogP contribution in [0.1, 0.15) is 102 Å². The number of pyridine rings is 1. The smallest absolute Gasteiger partial charge is 0.410 e. The van der Waals surface area contributed by atoms with Crippen LogP contribution in [0.25, 0.3) is 11.1 Å². The van der Waals surface area contributed by atoms with Crippen molar-refractivity contribution in [1.29, 1.82) is 5.26 Å². The van der Waals surface area contributed by atoms with Crippen LogP contribution in [-0.4, -0.2) is 64.5 Å². The third-order valence-electron chi connectivity index (χ3n) is 10.9. The number of methoxy groups -OCH3 is 1. The van der Waals surface area contributed by atoms with Gasteiger partial charge < -0.3 is 14.4 Å². The Bertz CT molecular complexity index is 1640. The lowest BCUT2D eigenvalue weighted by molar-refractivity contribution is -0.124. The second-order valence-corrected chi connectivity index (χ2v) is 14.5. The minimum atomic E-state index is -0.211. The Morgan fingerprint density at radius 2 is 1.76 bits per heavy atom. The molecule has 0 radical (unpaired) electrons. The van der Waals surface area contributed by atoms with E-state index in [4.69, 9.17) is 14.5 Å². The van der Waals surface area contributed by atoms with E-state index in [9.17, 15) is 14.9 Å². The van der Waals surface area contributed by atoms with Crippen molar-refractivity contribution >= 4 is 17.8 Å². The molecule has 0 bridgehead atoms. The van der Waals surface area contributed by atoms with E-state index < -0.39 is 0 Å². The van der Waals surface area contributed by atoms with Gasteiger partial charge >= 0.3 is 6.09 Å². The molecule has 3 aliphatic rings. The van der Waals surface area contributed by atoms with Crippen LogP contribution in [0.3, 0.4) is 0 Å². The summed E-state index contributed by atoms with van der Waals surface area (Å²) in [7, 11) is 1.59. The number of nitriles is 1. The molecule has 2 aromatic heterocycles. The van der Waals surface area contributed by atoms with Crippen molar-refractivity contribution < 1.29 is 19.1 Å². The standard InChI is InChI=1S/C39H50N6O4/c1-5-27-22-43(23-27)39(47)49-35-13-10-30(11-14-35)38(46)44(37-19-32(16-17-41-37)34-21-42-45(25-34)26(2)3)24-28-6-8-29(9-7-28)31-12-15-36(48-4)33(18-31)20-40/h12,15-19,21,25-30,35H,5-11,13-14,22-24H2,1-4H3/t28-,29-,30-,35-. The molecule has 260 valence electrons. The molecule has 1 aromatic carbocycles. The third kappa shape index (κ3) is 7.92. The lowest BCUT2D eigenvalue weighted by Crippen LogP contribution is -2.50. The Morgan fingerprint density at radius 3 is 2.41 bits per heavy atom. The van der Waals surface area contributed by atoms with Gasteiger partial charge in [-0.05, 0) is 125 Å². The van der Waals surface area contributed by atoms with Crippen LogP contribution in [-0.2, 0) is 9.53 Å². The molecule has 0 unspecified atom stereocenters. The van der Waals surface area contributed by atoms with E-state index in [0.29, 0.717) is 67.1 Å². The molecule has 2 saturated carbocycles. The van der Waals surface area contributed by atoms with Crippen molar-refractivity contribution in [2.45, 2.75) is 96.6 Å². The lowest BCUT2D eigenvalue weighted by Gasteiger charge is -2.39. The fourth-order valence-electron chi connectivity index (χ4n) is 7.66. The maximum atomic E-state index is 14.4. The van der Waals surface area contributed by atoms with Crippen LogP contribution in [0.5, 0.6) is 5.75 Å². The largest absolute Gasteiger partial charge is 0.495 e. The predicted octanol–water partition coefficient (Wildman–Crippen LogP) is 7.75. The molecule has 6 rings (SSSR count). The van der Waals surface area contributed by atoms with E-state index in [1.54, 1.807) is 18.2 Å². The molecule has 10 nitrogen and oxygen atoms in total. The first kappa shape index (κ1) is 34.5. The summed E-state index contributed by atoms with van der Waals surface area (Å²) >= 11 is 0. The Kier molecular flexibility index (Phi) is 10.9. The number of nitrogens with zero attached hydrogens (tertiary/aromatic N) is 6. The molecule has 3 heterocycles. The minimum Gasteiger partial charge on any atom is -0.495 e. The first-order valence-electron chi connectivity index (χ1n) is 18.1. The topological polar surface area (TPSA) is 114 Å². The van der Waals surface area contributed by atoms with E-state index in [2.05, 4.69) is 38.0 Å². The van der Waals surface area contributed by atoms with Crippen molar-refractivity contribution in [3.05, 3.63) is 60.0 Å². The molecule has 10 heteroatoms. The molecule has 2 aliphatic carbocycles. The highest BCUT2D eigenvalue weighted by Crippen LogP contribution is 2.39. The number of rotatable bonds is 10. The highest BCUT2D eigenvalue weighted by atomic mass is 16.6. The van der Waals surface area contributed by atoms with Crippen molar-refractivity contribution in [2.75, 3.05) is 31.6 Å². The zero-order chi connectivity index (χ0) is 34.5. The van der Waals surface area contributed by atoms with Gasteiger partial charge in [0, 0.05) is 49.6 Å². The number of aromatic nitrogens is 3. The molecule has 0 N–H and O–H groups in total. The maximum absolute atomic E-state index is 14.4. The maximum Gasteiger partial charge on any atom is 0.410 e. The summed E-state index contributed by atoms with van der Waals surface area (Å²) in [5, 5.41) is 14.1. The number of anilines is 1. The van der Waals surface area contributed by atoms with Gasteiger partial charge in [0.2, 0.25) is 5.91 Å². The summed E-state index contributed by atoms with van der Waals surface area (Å²) in [6.07, 6.45) is 13.2. The number of carbonyl (C=O) groups excluding carboxylic acids is 2. The number of amides is 2. The van der Waals surface area contributed by atoms with E-state index in [1.165, 1.54) is 5.56 Å². The van der Waals surface area contributed by atoms with Crippen LogP contribution in [0.15, 0.2) is 48.9 Å². The van der Waals surface area contributed by atoms with Crippen molar-refractivity contribution in [3.63, 3.8) is 0 Å². The Hall–Kier alpha value is -4.39. The van der Waals surface area contributed by atoms with Gasteiger partial charge in [-0.1, -0.05) is 13.0 Å². The lowest BCUT2D eigenvalue weighted by atomic mass is 9.78. The molecule has 1 aliphatic heterocycles. The highest BCUT2D eigenvalue weighted by molar-refractivity contribution is 5.94. The van der Waals surface area contributed by atoms with Crippen LogP contribution in [0, 0.1) is 29.1 Å². The van der Waals surface area contributed by atoms with Gasteiger partial charge in [0.15, 0.2) is 0 Å². The van der Waals surface area contributed by atoms with Gasteiger partial charge in [-0.25, -0.2) is 9.78 Å². The number of ether oxygens (including phenoxy) is 2. The van der Waals surface area contributed by atoms with E-state index in [-0.39, 0.29) is 30.1 Å². The first-order valence-corrected chi connectivity index (χ1v) is 18.1. The third-order valence-corrected chi connectivity index (χ3v) is 10.9. The summed E-state index contributed by atoms with van der Waals surface area (Å²) < 4.78 is 13.2. The quantitative estimate of drug-likeness (QED) is 0.217. The number of hydrogen-bond donors (Lipinski definition) is 0. The van der Waals surface area contributed by atoms with Crippen molar-refractivity contribution in [2.24, 2.45) is 17.8 Å². The fourth-order valence-corrected chi connectivity index (χ4v) is 7.66. The number of likely N-dealkylation sites (tertiary alicyclic amines) is 1. The molecule has 49 heavy (non-hydrogen) atoms. The Labute approximate surface area is 290 Å². The number of carbonyl (C=O) groups is 2. The fraction of sp³-hybridized carbons (Fsp3) is 0.564. The number of benzene rings is 1. The Balaban J connectivity index is 1.14. The normalized spacial score (nSPS) is 22.7. The summed E-state index contributed by atoms with van der Waals surface area (Å²) in [5.74, 6) is 2.54. The number of hydrogen-bond acceptors (Lipinski definition) is 7. The zero-order valence-corrected chi connectivity index (χ0v) is 29.4. The Morgan fingerprint density at radius 1 is 1.00 bits per heavy atom. The predicted molar refractivity (Wildman–Crippen MR) is 188 cm³/mol. The second-order valence-electron chi connectivity index (χ2n) is 14.5. The molecular formula is C39H50N6O4. The van der Waals surface area contributed by atoms with Gasteiger partial charge in [-0.15, -0.1) is 0 Å². The van der Waals surface area contributed by atoms with Gasteiger partial charge in [0.25, 0.3) is 0 Å². The monoisotopic (exact) mass is 666 g/mol. The van der Waals surface area contributed by atoms with Gasteiger partial charge in [-0.2, -0.15) is 10.4 Å². The summed E-state index contributed by atoms with van der Waals surface area (Å²) in [4.78, 5) is 35.5. The van der Waals surface area contributed by atoms with Crippen molar-refractivity contribution in [3.8, 4) is 22.9 Å². The minimum absolute atomic E-state index is 0.108. The average Bonchev–Trinajstić information content (AvgIpc) is 3.61. The molecule has 3 aromatic rings.